The number of benzene rings is 1. The molecule has 0 fully saturated rings. The quantitative estimate of drug-likeness (QED) is 0.478. The van der Waals surface area contributed by atoms with Gasteiger partial charge < -0.3 is 15.4 Å². The number of alkyl halides is 3. The van der Waals surface area contributed by atoms with Gasteiger partial charge in [0.1, 0.15) is 5.75 Å². The summed E-state index contributed by atoms with van der Waals surface area (Å²) in [6.07, 6.45) is -2.26. The molecule has 0 saturated heterocycles. The Kier molecular flexibility index (Phi) is 7.65. The summed E-state index contributed by atoms with van der Waals surface area (Å²) in [6.45, 7) is 2.29. The smallest absolute Gasteiger partial charge is 0.435 e. The highest BCUT2D eigenvalue weighted by molar-refractivity contribution is 5.96. The van der Waals surface area contributed by atoms with E-state index in [1.54, 1.807) is 42.5 Å². The van der Waals surface area contributed by atoms with Crippen molar-refractivity contribution in [1.29, 1.82) is 0 Å². The second-order valence-corrected chi connectivity index (χ2v) is 6.88. The molecular formula is C22H22F3N5O3. The lowest BCUT2D eigenvalue weighted by atomic mass is 10.2. The third-order valence-corrected chi connectivity index (χ3v) is 4.45. The van der Waals surface area contributed by atoms with Gasteiger partial charge in [0.15, 0.2) is 5.69 Å². The highest BCUT2D eigenvalue weighted by atomic mass is 19.4. The van der Waals surface area contributed by atoms with Gasteiger partial charge >= 0.3 is 6.18 Å². The number of ether oxygens (including phenoxy) is 1. The Labute approximate surface area is 187 Å². The molecule has 0 aliphatic carbocycles. The number of pyridine rings is 1. The van der Waals surface area contributed by atoms with E-state index in [-0.39, 0.29) is 25.5 Å². The lowest BCUT2D eigenvalue weighted by molar-refractivity contribution is -0.141. The van der Waals surface area contributed by atoms with Crippen LogP contribution in [0.15, 0.2) is 54.9 Å². The number of rotatable bonds is 9. The number of halogens is 3. The fourth-order valence-electron chi connectivity index (χ4n) is 2.95. The van der Waals surface area contributed by atoms with E-state index in [9.17, 15) is 22.8 Å². The topological polar surface area (TPSA) is 98.1 Å². The molecule has 0 spiro atoms. The normalized spacial score (nSPS) is 11.2. The Morgan fingerprint density at radius 3 is 2.33 bits per heavy atom. The van der Waals surface area contributed by atoms with Crippen LogP contribution in [0, 0.1) is 0 Å². The summed E-state index contributed by atoms with van der Waals surface area (Å²) in [4.78, 5) is 28.6. The summed E-state index contributed by atoms with van der Waals surface area (Å²) in [5.41, 5.74) is -0.997. The fraction of sp³-hybridized carbons (Fsp3) is 0.273. The molecule has 2 amide bonds. The van der Waals surface area contributed by atoms with Crippen molar-refractivity contribution in [2.24, 2.45) is 0 Å². The molecule has 0 atom stereocenters. The first-order valence-corrected chi connectivity index (χ1v) is 10.1. The molecule has 1 aromatic carbocycles. The van der Waals surface area contributed by atoms with Gasteiger partial charge in [0.05, 0.1) is 24.4 Å². The molecule has 3 rings (SSSR count). The lowest BCUT2D eigenvalue weighted by Crippen LogP contribution is -2.35. The predicted octanol–water partition coefficient (Wildman–Crippen LogP) is 2.90. The SMILES string of the molecule is CCOc1ccc(C(=O)NCCNC(=O)c2cn(Cc3ccccn3)nc2C(F)(F)F)cc1. The zero-order valence-electron chi connectivity index (χ0n) is 17.7. The Morgan fingerprint density at radius 1 is 1.03 bits per heavy atom. The van der Waals surface area contributed by atoms with Crippen molar-refractivity contribution in [2.75, 3.05) is 19.7 Å². The van der Waals surface area contributed by atoms with Crippen LogP contribution in [-0.4, -0.2) is 46.3 Å². The number of amides is 2. The number of carbonyl (C=O) groups excluding carboxylic acids is 2. The first-order valence-electron chi connectivity index (χ1n) is 10.1. The van der Waals surface area contributed by atoms with Crippen molar-refractivity contribution in [1.82, 2.24) is 25.4 Å². The van der Waals surface area contributed by atoms with E-state index in [0.29, 0.717) is 23.6 Å². The van der Waals surface area contributed by atoms with Crippen molar-refractivity contribution in [3.63, 3.8) is 0 Å². The predicted molar refractivity (Wildman–Crippen MR) is 113 cm³/mol. The van der Waals surface area contributed by atoms with Crippen molar-refractivity contribution in [2.45, 2.75) is 19.6 Å². The largest absolute Gasteiger partial charge is 0.494 e. The molecule has 33 heavy (non-hydrogen) atoms. The molecule has 11 heteroatoms. The highest BCUT2D eigenvalue weighted by Crippen LogP contribution is 2.30. The average Bonchev–Trinajstić information content (AvgIpc) is 3.22. The van der Waals surface area contributed by atoms with E-state index >= 15 is 0 Å². The number of nitrogens with zero attached hydrogens (tertiary/aromatic N) is 3. The zero-order valence-corrected chi connectivity index (χ0v) is 17.7. The number of carbonyl (C=O) groups is 2. The number of hydrogen-bond acceptors (Lipinski definition) is 5. The maximum Gasteiger partial charge on any atom is 0.435 e. The second kappa shape index (κ2) is 10.6. The van der Waals surface area contributed by atoms with Crippen LogP contribution in [0.1, 0.15) is 39.0 Å². The summed E-state index contributed by atoms with van der Waals surface area (Å²) in [5, 5.41) is 8.50. The van der Waals surface area contributed by atoms with Crippen LogP contribution in [-0.2, 0) is 12.7 Å². The van der Waals surface area contributed by atoms with Crippen molar-refractivity contribution in [3.05, 3.63) is 77.4 Å². The van der Waals surface area contributed by atoms with Crippen LogP contribution in [0.2, 0.25) is 0 Å². The average molecular weight is 461 g/mol. The molecule has 0 bridgehead atoms. The minimum Gasteiger partial charge on any atom is -0.494 e. The van der Waals surface area contributed by atoms with Gasteiger partial charge in [0.2, 0.25) is 0 Å². The van der Waals surface area contributed by atoms with E-state index in [2.05, 4.69) is 20.7 Å². The van der Waals surface area contributed by atoms with Crippen LogP contribution in [0.5, 0.6) is 5.75 Å². The molecule has 3 aromatic rings. The van der Waals surface area contributed by atoms with Crippen LogP contribution in [0.4, 0.5) is 13.2 Å². The van der Waals surface area contributed by atoms with Crippen molar-refractivity contribution >= 4 is 11.8 Å². The molecule has 0 aliphatic heterocycles. The number of aromatic nitrogens is 3. The van der Waals surface area contributed by atoms with Crippen LogP contribution in [0.3, 0.4) is 0 Å². The Morgan fingerprint density at radius 2 is 1.73 bits per heavy atom. The number of nitrogens with one attached hydrogen (secondary N) is 2. The minimum absolute atomic E-state index is 0.0185. The molecule has 0 saturated carbocycles. The molecule has 2 heterocycles. The van der Waals surface area contributed by atoms with Gasteiger partial charge in [0.25, 0.3) is 11.8 Å². The molecule has 174 valence electrons. The van der Waals surface area contributed by atoms with E-state index in [0.717, 1.165) is 10.9 Å². The summed E-state index contributed by atoms with van der Waals surface area (Å²) < 4.78 is 46.5. The monoisotopic (exact) mass is 461 g/mol. The summed E-state index contributed by atoms with van der Waals surface area (Å²) in [5.74, 6) is -0.693. The Hall–Kier alpha value is -3.89. The fourth-order valence-corrected chi connectivity index (χ4v) is 2.95. The summed E-state index contributed by atoms with van der Waals surface area (Å²) in [6, 6.07) is 11.5. The van der Waals surface area contributed by atoms with Gasteiger partial charge in [-0.05, 0) is 43.3 Å². The summed E-state index contributed by atoms with van der Waals surface area (Å²) in [7, 11) is 0. The van der Waals surface area contributed by atoms with Crippen molar-refractivity contribution in [3.8, 4) is 5.75 Å². The number of hydrogen-bond donors (Lipinski definition) is 2. The molecule has 0 unspecified atom stereocenters. The van der Waals surface area contributed by atoms with E-state index in [1.807, 2.05) is 6.92 Å². The van der Waals surface area contributed by atoms with Gasteiger partial charge in [-0.3, -0.25) is 19.3 Å². The van der Waals surface area contributed by atoms with E-state index in [4.69, 9.17) is 4.74 Å². The Bertz CT molecular complexity index is 1080. The third kappa shape index (κ3) is 6.55. The maximum absolute atomic E-state index is 13.4. The van der Waals surface area contributed by atoms with Crippen LogP contribution in [0.25, 0.3) is 0 Å². The lowest BCUT2D eigenvalue weighted by Gasteiger charge is -2.09. The molecule has 2 N–H and O–H groups in total. The van der Waals surface area contributed by atoms with Gasteiger partial charge in [-0.1, -0.05) is 6.07 Å². The Balaban J connectivity index is 1.57. The van der Waals surface area contributed by atoms with Gasteiger partial charge in [-0.15, -0.1) is 0 Å². The first-order chi connectivity index (χ1) is 15.8. The standard InChI is InChI=1S/C22H22F3N5O3/c1-2-33-17-8-6-15(7-9-17)20(31)27-11-12-28-21(32)18-14-30(29-19(18)22(23,24)25)13-16-5-3-4-10-26-16/h3-10,14H,2,11-13H2,1H3,(H,27,31)(H,28,32). The molecule has 0 radical (unpaired) electrons. The third-order valence-electron chi connectivity index (χ3n) is 4.45. The molecular weight excluding hydrogens is 439 g/mol. The second-order valence-electron chi connectivity index (χ2n) is 6.88. The van der Waals surface area contributed by atoms with Crippen LogP contribution >= 0.6 is 0 Å². The van der Waals surface area contributed by atoms with Gasteiger partial charge in [-0.2, -0.15) is 18.3 Å². The maximum atomic E-state index is 13.4. The van der Waals surface area contributed by atoms with Crippen LogP contribution < -0.4 is 15.4 Å². The highest BCUT2D eigenvalue weighted by Gasteiger charge is 2.39. The zero-order chi connectivity index (χ0) is 23.8. The van der Waals surface area contributed by atoms with Gasteiger partial charge in [-0.25, -0.2) is 0 Å². The van der Waals surface area contributed by atoms with E-state index in [1.165, 1.54) is 6.20 Å². The van der Waals surface area contributed by atoms with Crippen molar-refractivity contribution < 1.29 is 27.5 Å². The van der Waals surface area contributed by atoms with Gasteiger partial charge in [0, 0.05) is 31.0 Å². The molecule has 2 aromatic heterocycles. The first kappa shape index (κ1) is 23.8. The minimum atomic E-state index is -4.80. The molecule has 8 nitrogen and oxygen atoms in total. The summed E-state index contributed by atoms with van der Waals surface area (Å²) >= 11 is 0. The molecule has 0 aliphatic rings. The van der Waals surface area contributed by atoms with E-state index < -0.39 is 23.3 Å².